The van der Waals surface area contributed by atoms with E-state index in [9.17, 15) is 10.1 Å². The number of carbonyl (C=O) groups excluding carboxylic acids is 1. The van der Waals surface area contributed by atoms with Gasteiger partial charge in [-0.15, -0.1) is 11.3 Å². The van der Waals surface area contributed by atoms with Crippen molar-refractivity contribution in [2.75, 3.05) is 5.32 Å². The van der Waals surface area contributed by atoms with Gasteiger partial charge >= 0.3 is 0 Å². The van der Waals surface area contributed by atoms with Gasteiger partial charge in [-0.3, -0.25) is 4.79 Å². The van der Waals surface area contributed by atoms with Crippen LogP contribution in [0, 0.1) is 29.6 Å². The Morgan fingerprint density at radius 2 is 1.89 bits per heavy atom. The second-order valence-corrected chi connectivity index (χ2v) is 11.6. The van der Waals surface area contributed by atoms with Gasteiger partial charge in [-0.05, 0) is 60.8 Å². The third-order valence-electron chi connectivity index (χ3n) is 7.21. The first-order valence-electron chi connectivity index (χ1n) is 12.1. The number of nitrogens with one attached hydrogen (secondary N) is 1. The van der Waals surface area contributed by atoms with Gasteiger partial charge in [0.05, 0.1) is 22.3 Å². The standard InChI is InChI=1S/C30H29N3OS/c1-18-9-5-6-10-20(18)26-16-23(21-11-7-8-12-25(21)32-26)28(34)33-29-24(17-31)22-14-13-19(30(2,3)4)15-27(22)35-29/h5-12,16,19H,13-15H2,1-4H3,(H,33,34)/t19-/m0/s1. The maximum Gasteiger partial charge on any atom is 0.257 e. The van der Waals surface area contributed by atoms with Crippen LogP contribution in [0.15, 0.2) is 54.6 Å². The lowest BCUT2D eigenvalue weighted by Gasteiger charge is -2.33. The average Bonchev–Trinajstić information content (AvgIpc) is 3.19. The van der Waals surface area contributed by atoms with Gasteiger partial charge in [0.2, 0.25) is 0 Å². The number of thiophene rings is 1. The molecule has 0 saturated heterocycles. The van der Waals surface area contributed by atoms with Crippen molar-refractivity contribution in [3.8, 4) is 17.3 Å². The predicted molar refractivity (Wildman–Crippen MR) is 144 cm³/mol. The number of benzene rings is 2. The number of nitrogens with zero attached hydrogens (tertiary/aromatic N) is 2. The van der Waals surface area contributed by atoms with Crippen LogP contribution in [-0.2, 0) is 12.8 Å². The number of amides is 1. The average molecular weight is 480 g/mol. The highest BCUT2D eigenvalue weighted by Gasteiger charge is 2.32. The fraction of sp³-hybridized carbons (Fsp3) is 0.300. The van der Waals surface area contributed by atoms with Gasteiger partial charge in [0.1, 0.15) is 11.1 Å². The van der Waals surface area contributed by atoms with Crippen molar-refractivity contribution < 1.29 is 4.79 Å². The van der Waals surface area contributed by atoms with Crippen molar-refractivity contribution in [1.82, 2.24) is 4.98 Å². The third kappa shape index (κ3) is 4.35. The second-order valence-electron chi connectivity index (χ2n) is 10.5. The van der Waals surface area contributed by atoms with Crippen LogP contribution in [0.25, 0.3) is 22.2 Å². The number of aromatic nitrogens is 1. The van der Waals surface area contributed by atoms with Crippen molar-refractivity contribution in [2.45, 2.75) is 47.0 Å². The van der Waals surface area contributed by atoms with Gasteiger partial charge in [-0.1, -0.05) is 63.2 Å². The summed E-state index contributed by atoms with van der Waals surface area (Å²) in [6, 6.07) is 20.0. The number of nitriles is 1. The van der Waals surface area contributed by atoms with Gasteiger partial charge in [0.15, 0.2) is 0 Å². The molecule has 35 heavy (non-hydrogen) atoms. The lowest BCUT2D eigenvalue weighted by atomic mass is 9.72. The molecular formula is C30H29N3OS. The largest absolute Gasteiger partial charge is 0.312 e. The molecule has 0 spiro atoms. The number of hydrogen-bond donors (Lipinski definition) is 1. The van der Waals surface area contributed by atoms with E-state index in [1.54, 1.807) is 11.3 Å². The van der Waals surface area contributed by atoms with E-state index in [1.807, 2.05) is 61.5 Å². The predicted octanol–water partition coefficient (Wildman–Crippen LogP) is 7.55. The summed E-state index contributed by atoms with van der Waals surface area (Å²) >= 11 is 1.57. The molecule has 1 aliphatic carbocycles. The van der Waals surface area contributed by atoms with E-state index >= 15 is 0 Å². The van der Waals surface area contributed by atoms with Crippen LogP contribution in [-0.4, -0.2) is 10.9 Å². The molecule has 1 amide bonds. The first-order chi connectivity index (χ1) is 16.8. The number of carbonyl (C=O) groups is 1. The molecule has 1 N–H and O–H groups in total. The van der Waals surface area contributed by atoms with Crippen LogP contribution < -0.4 is 5.32 Å². The number of rotatable bonds is 3. The van der Waals surface area contributed by atoms with Crippen molar-refractivity contribution in [3.05, 3.63) is 81.7 Å². The number of para-hydroxylation sites is 1. The quantitative estimate of drug-likeness (QED) is 0.330. The van der Waals surface area contributed by atoms with Gasteiger partial charge in [0.25, 0.3) is 5.91 Å². The van der Waals surface area contributed by atoms with E-state index in [-0.39, 0.29) is 11.3 Å². The highest BCUT2D eigenvalue weighted by molar-refractivity contribution is 7.16. The summed E-state index contributed by atoms with van der Waals surface area (Å²) in [5, 5.41) is 14.5. The molecule has 1 atom stereocenters. The molecule has 5 rings (SSSR count). The summed E-state index contributed by atoms with van der Waals surface area (Å²) in [5.41, 5.74) is 6.19. The van der Waals surface area contributed by atoms with Crippen molar-refractivity contribution >= 4 is 33.1 Å². The van der Waals surface area contributed by atoms with Crippen LogP contribution in [0.1, 0.15) is 59.1 Å². The van der Waals surface area contributed by atoms with E-state index in [0.29, 0.717) is 22.0 Å². The maximum atomic E-state index is 13.7. The Kier molecular flexibility index (Phi) is 5.94. The van der Waals surface area contributed by atoms with Gasteiger partial charge in [-0.25, -0.2) is 4.98 Å². The molecule has 4 aromatic rings. The van der Waals surface area contributed by atoms with E-state index in [0.717, 1.165) is 52.5 Å². The molecule has 4 nitrogen and oxygen atoms in total. The summed E-state index contributed by atoms with van der Waals surface area (Å²) in [7, 11) is 0. The highest BCUT2D eigenvalue weighted by Crippen LogP contribution is 2.44. The molecule has 5 heteroatoms. The third-order valence-corrected chi connectivity index (χ3v) is 8.38. The van der Waals surface area contributed by atoms with Crippen LogP contribution in [0.2, 0.25) is 0 Å². The summed E-state index contributed by atoms with van der Waals surface area (Å²) in [5.74, 6) is 0.366. The minimum absolute atomic E-state index is 0.207. The molecule has 0 radical (unpaired) electrons. The van der Waals surface area contributed by atoms with Gasteiger partial charge in [-0.2, -0.15) is 5.26 Å². The zero-order valence-corrected chi connectivity index (χ0v) is 21.4. The van der Waals surface area contributed by atoms with Crippen LogP contribution in [0.4, 0.5) is 5.00 Å². The van der Waals surface area contributed by atoms with Crippen LogP contribution >= 0.6 is 11.3 Å². The smallest absolute Gasteiger partial charge is 0.257 e. The first-order valence-corrected chi connectivity index (χ1v) is 12.9. The number of aryl methyl sites for hydroxylation is 1. The van der Waals surface area contributed by atoms with Crippen molar-refractivity contribution in [2.24, 2.45) is 11.3 Å². The molecule has 0 bridgehead atoms. The number of hydrogen-bond acceptors (Lipinski definition) is 4. The van der Waals surface area contributed by atoms with Crippen molar-refractivity contribution in [3.63, 3.8) is 0 Å². The van der Waals surface area contributed by atoms with Crippen molar-refractivity contribution in [1.29, 1.82) is 5.26 Å². The lowest BCUT2D eigenvalue weighted by Crippen LogP contribution is -2.26. The molecule has 0 aliphatic heterocycles. The molecule has 1 aliphatic rings. The minimum Gasteiger partial charge on any atom is -0.312 e. The Labute approximate surface area is 210 Å². The van der Waals surface area contributed by atoms with E-state index in [4.69, 9.17) is 4.98 Å². The Bertz CT molecular complexity index is 1490. The van der Waals surface area contributed by atoms with Crippen LogP contribution in [0.3, 0.4) is 0 Å². The van der Waals surface area contributed by atoms with Crippen LogP contribution in [0.5, 0.6) is 0 Å². The molecule has 0 fully saturated rings. The summed E-state index contributed by atoms with van der Waals surface area (Å²) < 4.78 is 0. The zero-order valence-electron chi connectivity index (χ0n) is 20.6. The molecule has 2 aromatic heterocycles. The molecule has 176 valence electrons. The Balaban J connectivity index is 1.54. The lowest BCUT2D eigenvalue weighted by molar-refractivity contribution is 0.102. The SMILES string of the molecule is Cc1ccccc1-c1cc(C(=O)Nc2sc3c(c2C#N)CC[C@H](C(C)(C)C)C3)c2ccccc2n1. The topological polar surface area (TPSA) is 65.8 Å². The monoisotopic (exact) mass is 479 g/mol. The maximum absolute atomic E-state index is 13.7. The fourth-order valence-corrected chi connectivity index (χ4v) is 6.34. The molecular weight excluding hydrogens is 450 g/mol. The van der Waals surface area contributed by atoms with Gasteiger partial charge < -0.3 is 5.32 Å². The normalized spacial score (nSPS) is 15.5. The number of pyridine rings is 1. The van der Waals surface area contributed by atoms with E-state index in [1.165, 1.54) is 4.88 Å². The number of anilines is 1. The molecule has 0 saturated carbocycles. The minimum atomic E-state index is -0.207. The molecule has 2 heterocycles. The van der Waals surface area contributed by atoms with E-state index in [2.05, 4.69) is 32.2 Å². The fourth-order valence-electron chi connectivity index (χ4n) is 5.06. The first kappa shape index (κ1) is 23.3. The summed E-state index contributed by atoms with van der Waals surface area (Å²) in [6.45, 7) is 8.90. The molecule has 0 unspecified atom stereocenters. The van der Waals surface area contributed by atoms with E-state index < -0.39 is 0 Å². The Morgan fingerprint density at radius 1 is 1.14 bits per heavy atom. The summed E-state index contributed by atoms with van der Waals surface area (Å²) in [6.07, 6.45) is 2.93. The summed E-state index contributed by atoms with van der Waals surface area (Å²) in [4.78, 5) is 19.7. The van der Waals surface area contributed by atoms with Gasteiger partial charge in [0, 0.05) is 15.8 Å². The Morgan fingerprint density at radius 3 is 2.63 bits per heavy atom. The number of fused-ring (bicyclic) bond motifs is 2. The molecule has 2 aromatic carbocycles. The Hall–Kier alpha value is -3.49. The highest BCUT2D eigenvalue weighted by atomic mass is 32.1. The zero-order chi connectivity index (χ0) is 24.7. The second kappa shape index (κ2) is 8.94.